The van der Waals surface area contributed by atoms with Crippen LogP contribution in [-0.4, -0.2) is 34.7 Å². The van der Waals surface area contributed by atoms with E-state index in [9.17, 15) is 0 Å². The van der Waals surface area contributed by atoms with Crippen molar-refractivity contribution in [3.8, 4) is 23.0 Å². The molecule has 1 heterocycles. The molecule has 1 unspecified atom stereocenters. The van der Waals surface area contributed by atoms with Crippen LogP contribution < -0.4 is 18.9 Å². The molecule has 5 nitrogen and oxygen atoms in total. The summed E-state index contributed by atoms with van der Waals surface area (Å²) in [6.45, 7) is 0. The Bertz CT molecular complexity index is 766. The van der Waals surface area contributed by atoms with Crippen LogP contribution in [0, 0.1) is 0 Å². The highest BCUT2D eigenvalue weighted by atomic mass is 16.7. The first-order valence-corrected chi connectivity index (χ1v) is 7.52. The minimum absolute atomic E-state index is 0.534. The quantitative estimate of drug-likeness (QED) is 0.839. The van der Waals surface area contributed by atoms with E-state index in [0.717, 1.165) is 22.4 Å². The number of rotatable bonds is 5. The number of ether oxygens (including phenoxy) is 5. The predicted octanol–water partition coefficient (Wildman–Crippen LogP) is 3.62. The number of hydrogen-bond donors (Lipinski definition) is 0. The van der Waals surface area contributed by atoms with E-state index in [1.807, 2.05) is 42.5 Å². The van der Waals surface area contributed by atoms with Gasteiger partial charge in [0.1, 0.15) is 5.75 Å². The van der Waals surface area contributed by atoms with Gasteiger partial charge in [0.25, 0.3) is 0 Å². The Morgan fingerprint density at radius 3 is 2.25 bits per heavy atom. The average Bonchev–Trinajstić information content (AvgIpc) is 2.65. The number of hydrogen-bond acceptors (Lipinski definition) is 5. The molecule has 3 rings (SSSR count). The Balaban J connectivity index is 2.18. The third kappa shape index (κ3) is 2.67. The molecule has 0 N–H and O–H groups in total. The molecule has 1 aliphatic heterocycles. The molecule has 0 saturated carbocycles. The SMILES string of the molecule is COc1ccc(C2=Cc3ccccc3OC2OC)c(OC)c1OC. The van der Waals surface area contributed by atoms with Gasteiger partial charge in [-0.2, -0.15) is 0 Å². The molecule has 0 spiro atoms. The second-order valence-corrected chi connectivity index (χ2v) is 5.20. The van der Waals surface area contributed by atoms with Crippen molar-refractivity contribution in [1.82, 2.24) is 0 Å². The molecule has 1 aliphatic rings. The van der Waals surface area contributed by atoms with Gasteiger partial charge in [0.15, 0.2) is 11.5 Å². The first kappa shape index (κ1) is 16.2. The number of methoxy groups -OCH3 is 4. The molecule has 0 radical (unpaired) electrons. The van der Waals surface area contributed by atoms with E-state index in [2.05, 4.69) is 0 Å². The van der Waals surface area contributed by atoms with Gasteiger partial charge < -0.3 is 23.7 Å². The van der Waals surface area contributed by atoms with Crippen molar-refractivity contribution in [2.75, 3.05) is 28.4 Å². The van der Waals surface area contributed by atoms with E-state index in [1.165, 1.54) is 0 Å². The standard InChI is InChI=1S/C19H20O5/c1-20-16-10-9-13(17(21-2)18(16)22-3)14-11-12-7-5-6-8-15(12)24-19(14)23-4/h5-11,19H,1-4H3. The third-order valence-electron chi connectivity index (χ3n) is 3.95. The highest BCUT2D eigenvalue weighted by Gasteiger charge is 2.28. The van der Waals surface area contributed by atoms with Crippen molar-refractivity contribution >= 4 is 11.6 Å². The van der Waals surface area contributed by atoms with Crippen molar-refractivity contribution < 1.29 is 23.7 Å². The Morgan fingerprint density at radius 2 is 1.58 bits per heavy atom. The summed E-state index contributed by atoms with van der Waals surface area (Å²) in [7, 11) is 6.38. The van der Waals surface area contributed by atoms with E-state index in [4.69, 9.17) is 23.7 Å². The van der Waals surface area contributed by atoms with Gasteiger partial charge in [-0.05, 0) is 24.3 Å². The Hall–Kier alpha value is -2.66. The highest BCUT2D eigenvalue weighted by molar-refractivity contribution is 5.90. The second kappa shape index (κ2) is 6.84. The molecule has 2 aromatic rings. The zero-order valence-electron chi connectivity index (χ0n) is 14.2. The molecule has 0 aliphatic carbocycles. The highest BCUT2D eigenvalue weighted by Crippen LogP contribution is 2.45. The van der Waals surface area contributed by atoms with Crippen LogP contribution in [0.4, 0.5) is 0 Å². The summed E-state index contributed by atoms with van der Waals surface area (Å²) in [4.78, 5) is 0. The first-order valence-electron chi connectivity index (χ1n) is 7.52. The fraction of sp³-hybridized carbons (Fsp3) is 0.263. The zero-order valence-corrected chi connectivity index (χ0v) is 14.2. The lowest BCUT2D eigenvalue weighted by Crippen LogP contribution is -2.24. The van der Waals surface area contributed by atoms with Crippen LogP contribution in [-0.2, 0) is 4.74 Å². The van der Waals surface area contributed by atoms with E-state index in [1.54, 1.807) is 28.4 Å². The summed E-state index contributed by atoms with van der Waals surface area (Å²) < 4.78 is 27.9. The fourth-order valence-electron chi connectivity index (χ4n) is 2.83. The number of fused-ring (bicyclic) bond motifs is 1. The van der Waals surface area contributed by atoms with E-state index >= 15 is 0 Å². The van der Waals surface area contributed by atoms with Gasteiger partial charge in [0, 0.05) is 23.8 Å². The molecule has 126 valence electrons. The molecule has 0 saturated heterocycles. The largest absolute Gasteiger partial charge is 0.493 e. The van der Waals surface area contributed by atoms with Crippen LogP contribution in [0.25, 0.3) is 11.6 Å². The normalized spacial score (nSPS) is 15.8. The lowest BCUT2D eigenvalue weighted by Gasteiger charge is -2.27. The molecular weight excluding hydrogens is 308 g/mol. The smallest absolute Gasteiger partial charge is 0.227 e. The molecule has 1 atom stereocenters. The van der Waals surface area contributed by atoms with Gasteiger partial charge in [-0.25, -0.2) is 0 Å². The summed E-state index contributed by atoms with van der Waals surface area (Å²) in [6.07, 6.45) is 1.50. The molecule has 5 heteroatoms. The van der Waals surface area contributed by atoms with Crippen molar-refractivity contribution in [1.29, 1.82) is 0 Å². The van der Waals surface area contributed by atoms with Crippen LogP contribution in [0.3, 0.4) is 0 Å². The minimum atomic E-state index is -0.535. The fourth-order valence-corrected chi connectivity index (χ4v) is 2.83. The van der Waals surface area contributed by atoms with Crippen LogP contribution in [0.1, 0.15) is 11.1 Å². The van der Waals surface area contributed by atoms with Gasteiger partial charge in [-0.15, -0.1) is 0 Å². The van der Waals surface area contributed by atoms with Crippen molar-refractivity contribution in [3.63, 3.8) is 0 Å². The van der Waals surface area contributed by atoms with Crippen molar-refractivity contribution in [2.24, 2.45) is 0 Å². The molecule has 0 amide bonds. The molecule has 2 aromatic carbocycles. The van der Waals surface area contributed by atoms with Gasteiger partial charge in [-0.3, -0.25) is 0 Å². The van der Waals surface area contributed by atoms with Crippen LogP contribution in [0.5, 0.6) is 23.0 Å². The van der Waals surface area contributed by atoms with Crippen LogP contribution in [0.15, 0.2) is 36.4 Å². The second-order valence-electron chi connectivity index (χ2n) is 5.20. The van der Waals surface area contributed by atoms with Gasteiger partial charge in [0.05, 0.1) is 21.3 Å². The van der Waals surface area contributed by atoms with Gasteiger partial charge in [-0.1, -0.05) is 18.2 Å². The summed E-state index contributed by atoms with van der Waals surface area (Å²) in [5, 5.41) is 0. The maximum atomic E-state index is 5.96. The van der Waals surface area contributed by atoms with E-state index in [0.29, 0.717) is 17.2 Å². The molecular formula is C19H20O5. The molecule has 24 heavy (non-hydrogen) atoms. The molecule has 0 aromatic heterocycles. The number of benzene rings is 2. The third-order valence-corrected chi connectivity index (χ3v) is 3.95. The van der Waals surface area contributed by atoms with Gasteiger partial charge >= 0.3 is 0 Å². The predicted molar refractivity (Wildman–Crippen MR) is 91.8 cm³/mol. The molecule has 0 bridgehead atoms. The van der Waals surface area contributed by atoms with Crippen LogP contribution in [0.2, 0.25) is 0 Å². The summed E-state index contributed by atoms with van der Waals surface area (Å²) >= 11 is 0. The van der Waals surface area contributed by atoms with Crippen molar-refractivity contribution in [2.45, 2.75) is 6.29 Å². The summed E-state index contributed by atoms with van der Waals surface area (Å²) in [5.41, 5.74) is 2.67. The van der Waals surface area contributed by atoms with Crippen LogP contribution >= 0.6 is 0 Å². The Labute approximate surface area is 141 Å². The Morgan fingerprint density at radius 1 is 0.833 bits per heavy atom. The molecule has 0 fully saturated rings. The minimum Gasteiger partial charge on any atom is -0.493 e. The van der Waals surface area contributed by atoms with E-state index < -0.39 is 6.29 Å². The summed E-state index contributed by atoms with van der Waals surface area (Å²) in [5.74, 6) is 2.50. The lowest BCUT2D eigenvalue weighted by molar-refractivity contribution is -0.00908. The Kier molecular flexibility index (Phi) is 4.62. The number of para-hydroxylation sites is 1. The first-order chi connectivity index (χ1) is 11.7. The zero-order chi connectivity index (χ0) is 17.1. The average molecular weight is 328 g/mol. The van der Waals surface area contributed by atoms with Gasteiger partial charge in [0.2, 0.25) is 12.0 Å². The monoisotopic (exact) mass is 328 g/mol. The topological polar surface area (TPSA) is 46.2 Å². The maximum absolute atomic E-state index is 5.96. The van der Waals surface area contributed by atoms with E-state index in [-0.39, 0.29) is 0 Å². The summed E-state index contributed by atoms with van der Waals surface area (Å²) in [6, 6.07) is 11.6. The lowest BCUT2D eigenvalue weighted by atomic mass is 9.98. The van der Waals surface area contributed by atoms with Crippen molar-refractivity contribution in [3.05, 3.63) is 47.5 Å². The maximum Gasteiger partial charge on any atom is 0.227 e.